The Labute approximate surface area is 101 Å². The number of halogens is 1. The molecule has 90 valence electrons. The van der Waals surface area contributed by atoms with Gasteiger partial charge in [-0.3, -0.25) is 5.84 Å². The molecule has 0 amide bonds. The number of nitrogens with two attached hydrogens (primary N) is 1. The molecular weight excluding hydrogens is 278 g/mol. The first-order valence-corrected chi connectivity index (χ1v) is 5.74. The summed E-state index contributed by atoms with van der Waals surface area (Å²) in [5.41, 5.74) is 3.57. The lowest BCUT2D eigenvalue weighted by Crippen LogP contribution is -2.44. The molecule has 2 unspecified atom stereocenters. The molecule has 0 aliphatic carbocycles. The Morgan fingerprint density at radius 2 is 2.44 bits per heavy atom. The minimum atomic E-state index is -0.199. The topological polar surface area (TPSA) is 87.2 Å². The van der Waals surface area contributed by atoms with E-state index in [4.69, 9.17) is 15.3 Å². The average molecular weight is 292 g/mol. The summed E-state index contributed by atoms with van der Waals surface area (Å²) in [5, 5.41) is 7.83. The molecule has 2 rings (SSSR count). The van der Waals surface area contributed by atoms with Crippen LogP contribution in [0, 0.1) is 0 Å². The maximum Gasteiger partial charge on any atom is 0.153 e. The second-order valence-electron chi connectivity index (χ2n) is 3.52. The number of nitrogens with zero attached hydrogens (tertiary/aromatic N) is 3. The lowest BCUT2D eigenvalue weighted by molar-refractivity contribution is -0.103. The molecule has 3 N–H and O–H groups in total. The van der Waals surface area contributed by atoms with Crippen LogP contribution in [0.2, 0.25) is 0 Å². The van der Waals surface area contributed by atoms with Gasteiger partial charge in [0.05, 0.1) is 31.6 Å². The second kappa shape index (κ2) is 5.19. The molecular formula is C8H14BrN5O2. The highest BCUT2D eigenvalue weighted by molar-refractivity contribution is 9.10. The van der Waals surface area contributed by atoms with Crippen molar-refractivity contribution in [1.82, 2.24) is 20.4 Å². The predicted molar refractivity (Wildman–Crippen MR) is 59.3 cm³/mol. The van der Waals surface area contributed by atoms with Crippen LogP contribution < -0.4 is 11.3 Å². The molecule has 2 atom stereocenters. The summed E-state index contributed by atoms with van der Waals surface area (Å²) in [7, 11) is 1.81. The van der Waals surface area contributed by atoms with Crippen LogP contribution in [0.1, 0.15) is 11.7 Å². The smallest absolute Gasteiger partial charge is 0.153 e. The fraction of sp³-hybridized carbons (Fsp3) is 0.750. The molecule has 1 saturated heterocycles. The van der Waals surface area contributed by atoms with E-state index in [0.717, 1.165) is 5.69 Å². The van der Waals surface area contributed by atoms with Gasteiger partial charge in [-0.15, -0.1) is 5.10 Å². The van der Waals surface area contributed by atoms with Gasteiger partial charge >= 0.3 is 0 Å². The number of aryl methyl sites for hydroxylation is 1. The molecule has 0 saturated carbocycles. The third kappa shape index (κ3) is 2.25. The van der Waals surface area contributed by atoms with E-state index in [0.29, 0.717) is 24.4 Å². The molecule has 0 spiro atoms. The monoisotopic (exact) mass is 291 g/mol. The van der Waals surface area contributed by atoms with Crippen molar-refractivity contribution in [3.63, 3.8) is 0 Å². The molecule has 7 nitrogen and oxygen atoms in total. The van der Waals surface area contributed by atoms with Crippen LogP contribution in [0.4, 0.5) is 0 Å². The maximum atomic E-state index is 5.61. The molecule has 0 aromatic carbocycles. The first-order chi connectivity index (χ1) is 7.74. The summed E-state index contributed by atoms with van der Waals surface area (Å²) in [6.07, 6.45) is -0.132. The molecule has 8 heteroatoms. The van der Waals surface area contributed by atoms with E-state index in [2.05, 4.69) is 31.7 Å². The quantitative estimate of drug-likeness (QED) is 0.577. The van der Waals surface area contributed by atoms with E-state index in [1.54, 1.807) is 11.7 Å². The fourth-order valence-electron chi connectivity index (χ4n) is 1.73. The first-order valence-electron chi connectivity index (χ1n) is 4.94. The highest BCUT2D eigenvalue weighted by atomic mass is 79.9. The number of rotatable bonds is 3. The van der Waals surface area contributed by atoms with Crippen LogP contribution in [-0.4, -0.2) is 40.9 Å². The predicted octanol–water partition coefficient (Wildman–Crippen LogP) is -0.503. The Morgan fingerprint density at radius 1 is 1.62 bits per heavy atom. The molecule has 16 heavy (non-hydrogen) atoms. The zero-order valence-corrected chi connectivity index (χ0v) is 10.5. The zero-order valence-electron chi connectivity index (χ0n) is 8.89. The van der Waals surface area contributed by atoms with Gasteiger partial charge in [-0.1, -0.05) is 5.21 Å². The van der Waals surface area contributed by atoms with Gasteiger partial charge in [0, 0.05) is 7.05 Å². The summed E-state index contributed by atoms with van der Waals surface area (Å²) >= 11 is 3.34. The molecule has 0 bridgehead atoms. The first kappa shape index (κ1) is 11.9. The van der Waals surface area contributed by atoms with Crippen LogP contribution in [0.15, 0.2) is 4.60 Å². The standard InChI is InChI=1S/C8H14BrN5O2/c1-14-7(8(9)12-13-14)6(11-10)5-4-15-2-3-16-5/h5-6,11H,2-4,10H2,1H3. The van der Waals surface area contributed by atoms with Gasteiger partial charge in [-0.25, -0.2) is 10.1 Å². The number of nitrogens with one attached hydrogen (secondary N) is 1. The van der Waals surface area contributed by atoms with E-state index in [1.165, 1.54) is 0 Å². The normalized spacial score (nSPS) is 23.3. The van der Waals surface area contributed by atoms with Gasteiger partial charge in [0.25, 0.3) is 0 Å². The van der Waals surface area contributed by atoms with E-state index in [9.17, 15) is 0 Å². The third-order valence-electron chi connectivity index (χ3n) is 2.51. The minimum absolute atomic E-state index is 0.132. The lowest BCUT2D eigenvalue weighted by Gasteiger charge is -2.29. The fourth-order valence-corrected chi connectivity index (χ4v) is 2.30. The van der Waals surface area contributed by atoms with Crippen molar-refractivity contribution in [1.29, 1.82) is 0 Å². The Balaban J connectivity index is 2.21. The SMILES string of the molecule is Cn1nnc(Br)c1C(NN)C1COCCO1. The van der Waals surface area contributed by atoms with E-state index >= 15 is 0 Å². The maximum absolute atomic E-state index is 5.61. The van der Waals surface area contributed by atoms with Crippen molar-refractivity contribution in [3.05, 3.63) is 10.3 Å². The molecule has 1 aliphatic rings. The minimum Gasteiger partial charge on any atom is -0.376 e. The van der Waals surface area contributed by atoms with Crippen molar-refractivity contribution in [3.8, 4) is 0 Å². The highest BCUT2D eigenvalue weighted by Gasteiger charge is 2.30. The van der Waals surface area contributed by atoms with Gasteiger partial charge in [-0.2, -0.15) is 0 Å². The highest BCUT2D eigenvalue weighted by Crippen LogP contribution is 2.25. The molecule has 1 aromatic rings. The largest absolute Gasteiger partial charge is 0.376 e. The van der Waals surface area contributed by atoms with Crippen LogP contribution in [0.5, 0.6) is 0 Å². The van der Waals surface area contributed by atoms with Gasteiger partial charge in [-0.05, 0) is 15.9 Å². The number of hydrogen-bond acceptors (Lipinski definition) is 6. The Hall–Kier alpha value is -0.540. The lowest BCUT2D eigenvalue weighted by atomic mass is 10.1. The van der Waals surface area contributed by atoms with Crippen LogP contribution >= 0.6 is 15.9 Å². The van der Waals surface area contributed by atoms with Crippen molar-refractivity contribution in [2.24, 2.45) is 12.9 Å². The number of ether oxygens (including phenoxy) is 2. The van der Waals surface area contributed by atoms with E-state index in [1.807, 2.05) is 0 Å². The summed E-state index contributed by atoms with van der Waals surface area (Å²) in [6, 6.07) is -0.199. The van der Waals surface area contributed by atoms with Gasteiger partial charge in [0.15, 0.2) is 4.60 Å². The molecule has 0 radical (unpaired) electrons. The summed E-state index contributed by atoms with van der Waals surface area (Å²) < 4.78 is 13.3. The Morgan fingerprint density at radius 3 is 2.94 bits per heavy atom. The van der Waals surface area contributed by atoms with Gasteiger partial charge < -0.3 is 9.47 Å². The van der Waals surface area contributed by atoms with Crippen molar-refractivity contribution in [2.75, 3.05) is 19.8 Å². The number of hydrogen-bond donors (Lipinski definition) is 2. The molecule has 1 aliphatic heterocycles. The summed E-state index contributed by atoms with van der Waals surface area (Å²) in [6.45, 7) is 1.71. The average Bonchev–Trinajstić information content (AvgIpc) is 2.63. The van der Waals surface area contributed by atoms with Crippen LogP contribution in [0.25, 0.3) is 0 Å². The van der Waals surface area contributed by atoms with E-state index < -0.39 is 0 Å². The van der Waals surface area contributed by atoms with Crippen LogP contribution in [0.3, 0.4) is 0 Å². The third-order valence-corrected chi connectivity index (χ3v) is 3.08. The summed E-state index contributed by atoms with van der Waals surface area (Å²) in [4.78, 5) is 0. The van der Waals surface area contributed by atoms with E-state index in [-0.39, 0.29) is 12.1 Å². The van der Waals surface area contributed by atoms with Gasteiger partial charge in [0.2, 0.25) is 0 Å². The summed E-state index contributed by atoms with van der Waals surface area (Å²) in [5.74, 6) is 5.56. The molecule has 1 fully saturated rings. The zero-order chi connectivity index (χ0) is 11.5. The molecule has 1 aromatic heterocycles. The number of hydrazine groups is 1. The molecule has 2 heterocycles. The second-order valence-corrected chi connectivity index (χ2v) is 4.27. The Bertz CT molecular complexity index is 333. The van der Waals surface area contributed by atoms with Crippen molar-refractivity contribution >= 4 is 15.9 Å². The van der Waals surface area contributed by atoms with Crippen molar-refractivity contribution in [2.45, 2.75) is 12.1 Å². The Kier molecular flexibility index (Phi) is 3.87. The van der Waals surface area contributed by atoms with Gasteiger partial charge in [0.1, 0.15) is 6.10 Å². The van der Waals surface area contributed by atoms with Crippen molar-refractivity contribution < 1.29 is 9.47 Å². The van der Waals surface area contributed by atoms with Crippen LogP contribution in [-0.2, 0) is 16.5 Å². The number of aromatic nitrogens is 3.